The molecule has 0 fully saturated rings. The first kappa shape index (κ1) is 14.3. The van der Waals surface area contributed by atoms with Crippen molar-refractivity contribution in [1.82, 2.24) is 5.32 Å². The topological polar surface area (TPSA) is 58.5 Å². The lowest BCUT2D eigenvalue weighted by Gasteiger charge is -2.19. The monoisotopic (exact) mass is 342 g/mol. The summed E-state index contributed by atoms with van der Waals surface area (Å²) < 4.78 is 29.3. The van der Waals surface area contributed by atoms with Crippen molar-refractivity contribution in [2.75, 3.05) is 0 Å². The molecule has 0 saturated carbocycles. The number of allylic oxidation sites excluding steroid dienone is 1. The largest absolute Gasteiger partial charge is 0.348 e. The first-order valence-electron chi connectivity index (χ1n) is 5.91. The van der Waals surface area contributed by atoms with E-state index in [1.807, 2.05) is 13.8 Å². The van der Waals surface area contributed by atoms with Crippen LogP contribution in [0.15, 0.2) is 44.2 Å². The van der Waals surface area contributed by atoms with Crippen molar-refractivity contribution in [2.45, 2.75) is 25.2 Å². The summed E-state index contributed by atoms with van der Waals surface area (Å²) in [5, 5.41) is 2.92. The molecule has 102 valence electrons. The molecule has 1 aromatic carbocycles. The van der Waals surface area contributed by atoms with Crippen LogP contribution in [0.1, 0.15) is 18.9 Å². The summed E-state index contributed by atoms with van der Waals surface area (Å²) in [5.74, 6) is 0.517. The van der Waals surface area contributed by atoms with E-state index in [4.69, 9.17) is 0 Å². The molecule has 6 heteroatoms. The Hall–Kier alpha value is -1.14. The van der Waals surface area contributed by atoms with Gasteiger partial charge in [-0.25, -0.2) is 0 Å². The standard InChI is InChI=1S/C13H15BrN2O2S/c1-9-3-5-12(6-4-9)19(17,18)16-13-10(2)7-11(14)8-15-13/h3-6,8,10H,7H2,1-2H3,(H,15,16). The maximum absolute atomic E-state index is 12.2. The highest BCUT2D eigenvalue weighted by Gasteiger charge is 2.20. The molecule has 1 aliphatic rings. The minimum atomic E-state index is -3.65. The summed E-state index contributed by atoms with van der Waals surface area (Å²) >= 11 is 3.38. The van der Waals surface area contributed by atoms with E-state index in [0.29, 0.717) is 5.84 Å². The number of hydrogen-bond acceptors (Lipinski definition) is 2. The Bertz CT molecular complexity index is 633. The molecule has 0 bridgehead atoms. The third kappa shape index (κ3) is 3.45. The van der Waals surface area contributed by atoms with Gasteiger partial charge in [-0.15, -0.1) is 4.40 Å². The van der Waals surface area contributed by atoms with Gasteiger partial charge >= 0.3 is 0 Å². The summed E-state index contributed by atoms with van der Waals surface area (Å²) in [6, 6.07) is 6.69. The van der Waals surface area contributed by atoms with E-state index >= 15 is 0 Å². The summed E-state index contributed by atoms with van der Waals surface area (Å²) in [5.41, 5.74) is 1.02. The molecule has 0 aromatic heterocycles. The highest BCUT2D eigenvalue weighted by Crippen LogP contribution is 2.22. The lowest BCUT2D eigenvalue weighted by molar-refractivity contribution is 0.596. The van der Waals surface area contributed by atoms with Crippen LogP contribution in [-0.4, -0.2) is 14.3 Å². The minimum Gasteiger partial charge on any atom is -0.348 e. The Morgan fingerprint density at radius 2 is 1.95 bits per heavy atom. The molecule has 19 heavy (non-hydrogen) atoms. The van der Waals surface area contributed by atoms with E-state index in [9.17, 15) is 8.42 Å². The van der Waals surface area contributed by atoms with Gasteiger partial charge < -0.3 is 5.32 Å². The van der Waals surface area contributed by atoms with E-state index in [0.717, 1.165) is 16.5 Å². The van der Waals surface area contributed by atoms with Crippen molar-refractivity contribution >= 4 is 31.8 Å². The van der Waals surface area contributed by atoms with E-state index in [1.165, 1.54) is 0 Å². The van der Waals surface area contributed by atoms with Gasteiger partial charge in [0.2, 0.25) is 0 Å². The van der Waals surface area contributed by atoms with Crippen LogP contribution in [0, 0.1) is 12.8 Å². The zero-order valence-electron chi connectivity index (χ0n) is 10.7. The number of sulfonamides is 1. The Balaban J connectivity index is 2.33. The SMILES string of the molecule is Cc1ccc(S(=O)(=O)/N=C2\NC=C(Br)CC2C)cc1. The molecule has 2 rings (SSSR count). The van der Waals surface area contributed by atoms with E-state index in [-0.39, 0.29) is 10.8 Å². The second-order valence-corrected chi connectivity index (χ2v) is 7.23. The fraction of sp³-hybridized carbons (Fsp3) is 0.308. The number of hydrogen-bond donors (Lipinski definition) is 1. The number of amidine groups is 1. The van der Waals surface area contributed by atoms with Gasteiger partial charge in [-0.2, -0.15) is 8.42 Å². The predicted molar refractivity (Wildman–Crippen MR) is 79.7 cm³/mol. The molecule has 0 amide bonds. The van der Waals surface area contributed by atoms with Crippen molar-refractivity contribution in [3.63, 3.8) is 0 Å². The average molecular weight is 343 g/mol. The van der Waals surface area contributed by atoms with Crippen molar-refractivity contribution in [3.8, 4) is 0 Å². The predicted octanol–water partition coefficient (Wildman–Crippen LogP) is 2.95. The van der Waals surface area contributed by atoms with Crippen molar-refractivity contribution in [2.24, 2.45) is 10.3 Å². The number of nitrogens with one attached hydrogen (secondary N) is 1. The van der Waals surface area contributed by atoms with Gasteiger partial charge in [0.1, 0.15) is 5.84 Å². The van der Waals surface area contributed by atoms with Crippen molar-refractivity contribution < 1.29 is 8.42 Å². The number of nitrogens with zero attached hydrogens (tertiary/aromatic N) is 1. The molecule has 0 spiro atoms. The van der Waals surface area contributed by atoms with Gasteiger partial charge in [-0.1, -0.05) is 40.5 Å². The molecule has 1 unspecified atom stereocenters. The molecular weight excluding hydrogens is 328 g/mol. The zero-order chi connectivity index (χ0) is 14.0. The summed E-state index contributed by atoms with van der Waals surface area (Å²) in [6.07, 6.45) is 2.47. The van der Waals surface area contributed by atoms with Crippen LogP contribution in [-0.2, 0) is 10.0 Å². The highest BCUT2D eigenvalue weighted by atomic mass is 79.9. The molecule has 1 N–H and O–H groups in total. The van der Waals surface area contributed by atoms with Gasteiger partial charge in [0.05, 0.1) is 4.90 Å². The molecule has 0 saturated heterocycles. The average Bonchev–Trinajstić information content (AvgIpc) is 2.33. The fourth-order valence-electron chi connectivity index (χ4n) is 1.75. The number of benzene rings is 1. The van der Waals surface area contributed by atoms with E-state index in [1.54, 1.807) is 30.5 Å². The van der Waals surface area contributed by atoms with Crippen molar-refractivity contribution in [1.29, 1.82) is 0 Å². The quantitative estimate of drug-likeness (QED) is 0.898. The maximum atomic E-state index is 12.2. The minimum absolute atomic E-state index is 0.0413. The molecule has 4 nitrogen and oxygen atoms in total. The smallest absolute Gasteiger partial charge is 0.283 e. The number of rotatable bonds is 2. The highest BCUT2D eigenvalue weighted by molar-refractivity contribution is 9.11. The second-order valence-electron chi connectivity index (χ2n) is 4.61. The van der Waals surface area contributed by atoms with Gasteiger partial charge in [0.15, 0.2) is 0 Å². The first-order chi connectivity index (χ1) is 8.88. The Morgan fingerprint density at radius 1 is 1.32 bits per heavy atom. The van der Waals surface area contributed by atoms with Crippen molar-refractivity contribution in [3.05, 3.63) is 40.5 Å². The van der Waals surface area contributed by atoms with Crippen LogP contribution in [0.5, 0.6) is 0 Å². The molecule has 1 aromatic rings. The fourth-order valence-corrected chi connectivity index (χ4v) is 3.43. The second kappa shape index (κ2) is 5.46. The lowest BCUT2D eigenvalue weighted by Crippen LogP contribution is -2.30. The van der Waals surface area contributed by atoms with Gasteiger partial charge in [-0.05, 0) is 25.5 Å². The number of halogens is 1. The lowest BCUT2D eigenvalue weighted by atomic mass is 10.1. The van der Waals surface area contributed by atoms with Crippen LogP contribution in [0.25, 0.3) is 0 Å². The molecule has 0 aliphatic carbocycles. The molecule has 0 radical (unpaired) electrons. The van der Waals surface area contributed by atoms with Crippen LogP contribution < -0.4 is 5.32 Å². The maximum Gasteiger partial charge on any atom is 0.283 e. The first-order valence-corrected chi connectivity index (χ1v) is 8.14. The Labute approximate surface area is 121 Å². The summed E-state index contributed by atoms with van der Waals surface area (Å²) in [4.78, 5) is 0.216. The molecule has 1 heterocycles. The van der Waals surface area contributed by atoms with Crippen LogP contribution >= 0.6 is 15.9 Å². The van der Waals surface area contributed by atoms with Crippen LogP contribution in [0.3, 0.4) is 0 Å². The summed E-state index contributed by atoms with van der Waals surface area (Å²) in [6.45, 7) is 3.85. The van der Waals surface area contributed by atoms with E-state index in [2.05, 4.69) is 25.6 Å². The van der Waals surface area contributed by atoms with Crippen LogP contribution in [0.2, 0.25) is 0 Å². The Kier molecular flexibility index (Phi) is 4.10. The normalized spacial score (nSPS) is 21.9. The number of aryl methyl sites for hydroxylation is 1. The molecule has 1 atom stereocenters. The summed E-state index contributed by atoms with van der Waals surface area (Å²) in [7, 11) is -3.65. The van der Waals surface area contributed by atoms with Crippen LogP contribution in [0.4, 0.5) is 0 Å². The van der Waals surface area contributed by atoms with E-state index < -0.39 is 10.0 Å². The third-order valence-corrected chi connectivity index (χ3v) is 4.74. The third-order valence-electron chi connectivity index (χ3n) is 2.88. The Morgan fingerprint density at radius 3 is 2.53 bits per heavy atom. The van der Waals surface area contributed by atoms with Gasteiger partial charge in [0.25, 0.3) is 10.0 Å². The molecule has 1 aliphatic heterocycles. The van der Waals surface area contributed by atoms with Gasteiger partial charge in [-0.3, -0.25) is 0 Å². The zero-order valence-corrected chi connectivity index (χ0v) is 13.1. The van der Waals surface area contributed by atoms with Gasteiger partial charge in [0, 0.05) is 16.6 Å². The molecular formula is C13H15BrN2O2S.